The molecule has 0 saturated heterocycles. The van der Waals surface area contributed by atoms with E-state index >= 15 is 0 Å². The molecule has 0 bridgehead atoms. The van der Waals surface area contributed by atoms with E-state index in [0.29, 0.717) is 17.9 Å². The molecule has 0 aliphatic heterocycles. The standard InChI is InChI=1S/C19H19N7O4S/c1-29-17-16(21-11-12-7-4-3-5-8-12)23-18(25-24-17)26-13-9-6-10-14(31(20,27)28)15(13)22-19(26)30-2/h3-10H,11H2,1-2H3,(H2,20,27,28)(H,21,23,25). The number of hydrogen-bond acceptors (Lipinski definition) is 9. The van der Waals surface area contributed by atoms with Gasteiger partial charge in [0.15, 0.2) is 5.82 Å². The molecule has 0 unspecified atom stereocenters. The van der Waals surface area contributed by atoms with E-state index in [1.165, 1.54) is 24.9 Å². The van der Waals surface area contributed by atoms with Crippen LogP contribution in [0.5, 0.6) is 11.9 Å². The average molecular weight is 441 g/mol. The molecule has 0 aliphatic rings. The predicted molar refractivity (Wildman–Crippen MR) is 113 cm³/mol. The van der Waals surface area contributed by atoms with Gasteiger partial charge >= 0.3 is 6.01 Å². The van der Waals surface area contributed by atoms with Crippen molar-refractivity contribution >= 4 is 26.9 Å². The van der Waals surface area contributed by atoms with Gasteiger partial charge in [-0.25, -0.2) is 18.1 Å². The molecule has 4 rings (SSSR count). The van der Waals surface area contributed by atoms with Crippen LogP contribution in [0.3, 0.4) is 0 Å². The minimum Gasteiger partial charge on any atom is -0.477 e. The molecule has 0 fully saturated rings. The first-order valence-electron chi connectivity index (χ1n) is 9.07. The summed E-state index contributed by atoms with van der Waals surface area (Å²) in [6, 6.07) is 14.4. The summed E-state index contributed by atoms with van der Waals surface area (Å²) < 4.78 is 36.0. The number of nitrogens with one attached hydrogen (secondary N) is 1. The Labute approximate surface area is 177 Å². The van der Waals surface area contributed by atoms with Crippen LogP contribution in [-0.2, 0) is 16.6 Å². The summed E-state index contributed by atoms with van der Waals surface area (Å²) >= 11 is 0. The van der Waals surface area contributed by atoms with Gasteiger partial charge in [-0.15, -0.1) is 10.2 Å². The number of benzene rings is 2. The van der Waals surface area contributed by atoms with Crippen LogP contribution in [0.15, 0.2) is 53.4 Å². The Morgan fingerprint density at radius 1 is 1.00 bits per heavy atom. The highest BCUT2D eigenvalue weighted by Gasteiger charge is 2.23. The fourth-order valence-corrected chi connectivity index (χ4v) is 3.74. The second kappa shape index (κ2) is 8.16. The summed E-state index contributed by atoms with van der Waals surface area (Å²) in [6.45, 7) is 0.479. The molecule has 3 N–H and O–H groups in total. The number of nitrogens with zero attached hydrogens (tertiary/aromatic N) is 5. The third-order valence-electron chi connectivity index (χ3n) is 4.45. The first-order valence-corrected chi connectivity index (χ1v) is 10.6. The highest BCUT2D eigenvalue weighted by Crippen LogP contribution is 2.29. The maximum Gasteiger partial charge on any atom is 0.304 e. The van der Waals surface area contributed by atoms with Crippen molar-refractivity contribution in [1.82, 2.24) is 24.7 Å². The average Bonchev–Trinajstić information content (AvgIpc) is 3.16. The van der Waals surface area contributed by atoms with Crippen molar-refractivity contribution < 1.29 is 17.9 Å². The molecule has 31 heavy (non-hydrogen) atoms. The fraction of sp³-hybridized carbons (Fsp3) is 0.158. The molecular weight excluding hydrogens is 422 g/mol. The molecule has 12 heteroatoms. The van der Waals surface area contributed by atoms with Crippen LogP contribution in [0.4, 0.5) is 5.82 Å². The Hall–Kier alpha value is -3.77. The van der Waals surface area contributed by atoms with E-state index in [1.807, 2.05) is 30.3 Å². The van der Waals surface area contributed by atoms with Crippen LogP contribution in [0.25, 0.3) is 17.0 Å². The number of nitrogens with two attached hydrogens (primary N) is 1. The lowest BCUT2D eigenvalue weighted by Gasteiger charge is -2.11. The lowest BCUT2D eigenvalue weighted by molar-refractivity contribution is 0.371. The Kier molecular flexibility index (Phi) is 5.40. The summed E-state index contributed by atoms with van der Waals surface area (Å²) in [5, 5.41) is 16.7. The van der Waals surface area contributed by atoms with Crippen molar-refractivity contribution in [2.24, 2.45) is 5.14 Å². The fourth-order valence-electron chi connectivity index (χ4n) is 3.05. The molecular formula is C19H19N7O4S. The quantitative estimate of drug-likeness (QED) is 0.435. The zero-order valence-electron chi connectivity index (χ0n) is 16.7. The molecule has 4 aromatic rings. The van der Waals surface area contributed by atoms with Crippen LogP contribution in [-0.4, -0.2) is 47.4 Å². The second-order valence-corrected chi connectivity index (χ2v) is 7.94. The summed E-state index contributed by atoms with van der Waals surface area (Å²) in [7, 11) is -1.14. The largest absolute Gasteiger partial charge is 0.477 e. The van der Waals surface area contributed by atoms with Gasteiger partial charge in [0.2, 0.25) is 10.0 Å². The Balaban J connectivity index is 1.82. The lowest BCUT2D eigenvalue weighted by Crippen LogP contribution is -2.13. The number of rotatable bonds is 7. The Morgan fingerprint density at radius 3 is 2.45 bits per heavy atom. The summed E-state index contributed by atoms with van der Waals surface area (Å²) in [5.41, 5.74) is 1.57. The van der Waals surface area contributed by atoms with Crippen molar-refractivity contribution in [1.29, 1.82) is 0 Å². The van der Waals surface area contributed by atoms with E-state index in [-0.39, 0.29) is 28.3 Å². The van der Waals surface area contributed by atoms with Gasteiger partial charge in [-0.3, -0.25) is 0 Å². The molecule has 2 aromatic heterocycles. The number of fused-ring (bicyclic) bond motifs is 1. The number of imidazole rings is 1. The number of methoxy groups -OCH3 is 2. The van der Waals surface area contributed by atoms with Gasteiger partial charge in [0.25, 0.3) is 11.8 Å². The van der Waals surface area contributed by atoms with Gasteiger partial charge in [-0.05, 0) is 17.7 Å². The minimum absolute atomic E-state index is 0.0760. The number of aromatic nitrogens is 5. The van der Waals surface area contributed by atoms with Crippen LogP contribution < -0.4 is 19.9 Å². The molecule has 0 radical (unpaired) electrons. The van der Waals surface area contributed by atoms with Gasteiger partial charge < -0.3 is 14.8 Å². The summed E-state index contributed by atoms with van der Waals surface area (Å²) in [6.07, 6.45) is 0. The van der Waals surface area contributed by atoms with E-state index in [9.17, 15) is 8.42 Å². The highest BCUT2D eigenvalue weighted by molar-refractivity contribution is 7.89. The molecule has 0 spiro atoms. The zero-order chi connectivity index (χ0) is 22.0. The van der Waals surface area contributed by atoms with E-state index in [2.05, 4.69) is 25.5 Å². The van der Waals surface area contributed by atoms with Crippen LogP contribution in [0.2, 0.25) is 0 Å². The maximum atomic E-state index is 12.0. The van der Waals surface area contributed by atoms with Crippen molar-refractivity contribution in [2.45, 2.75) is 11.4 Å². The molecule has 2 heterocycles. The second-order valence-electron chi connectivity index (χ2n) is 6.41. The van der Waals surface area contributed by atoms with Gasteiger partial charge in [0.1, 0.15) is 10.4 Å². The number of hydrogen-bond donors (Lipinski definition) is 2. The monoisotopic (exact) mass is 441 g/mol. The molecule has 11 nitrogen and oxygen atoms in total. The lowest BCUT2D eigenvalue weighted by atomic mass is 10.2. The van der Waals surface area contributed by atoms with Gasteiger partial charge in [0, 0.05) is 6.54 Å². The van der Waals surface area contributed by atoms with Crippen LogP contribution in [0, 0.1) is 0 Å². The van der Waals surface area contributed by atoms with Crippen molar-refractivity contribution in [2.75, 3.05) is 19.5 Å². The van der Waals surface area contributed by atoms with Crippen molar-refractivity contribution in [3.05, 3.63) is 54.1 Å². The maximum absolute atomic E-state index is 12.0. The first-order chi connectivity index (χ1) is 14.9. The molecule has 0 saturated carbocycles. The van der Waals surface area contributed by atoms with E-state index in [1.54, 1.807) is 12.1 Å². The Morgan fingerprint density at radius 2 is 1.77 bits per heavy atom. The molecule has 0 aliphatic carbocycles. The first kappa shape index (κ1) is 20.5. The smallest absolute Gasteiger partial charge is 0.304 e. The molecule has 160 valence electrons. The number of primary sulfonamides is 1. The van der Waals surface area contributed by atoms with E-state index < -0.39 is 10.0 Å². The van der Waals surface area contributed by atoms with Crippen LogP contribution >= 0.6 is 0 Å². The normalized spacial score (nSPS) is 11.5. The topological polar surface area (TPSA) is 147 Å². The molecule has 0 atom stereocenters. The SMILES string of the molecule is COc1nnc(-n2c(OC)nc3c(S(N)(=O)=O)cccc32)nc1NCc1ccccc1. The van der Waals surface area contributed by atoms with Gasteiger partial charge in [-0.2, -0.15) is 9.97 Å². The van der Waals surface area contributed by atoms with E-state index in [0.717, 1.165) is 5.56 Å². The van der Waals surface area contributed by atoms with Crippen LogP contribution in [0.1, 0.15) is 5.56 Å². The van der Waals surface area contributed by atoms with E-state index in [4.69, 9.17) is 14.6 Å². The summed E-state index contributed by atoms with van der Waals surface area (Å²) in [4.78, 5) is 8.63. The number of para-hydroxylation sites is 1. The number of ether oxygens (including phenoxy) is 2. The zero-order valence-corrected chi connectivity index (χ0v) is 17.5. The van der Waals surface area contributed by atoms with Gasteiger partial charge in [-0.1, -0.05) is 36.4 Å². The number of anilines is 1. The molecule has 2 aromatic carbocycles. The van der Waals surface area contributed by atoms with Crippen molar-refractivity contribution in [3.63, 3.8) is 0 Å². The highest BCUT2D eigenvalue weighted by atomic mass is 32.2. The Bertz CT molecular complexity index is 1340. The number of sulfonamides is 1. The third kappa shape index (κ3) is 3.98. The minimum atomic E-state index is -4.00. The molecule has 0 amide bonds. The third-order valence-corrected chi connectivity index (χ3v) is 5.39. The van der Waals surface area contributed by atoms with Crippen molar-refractivity contribution in [3.8, 4) is 17.8 Å². The summed E-state index contributed by atoms with van der Waals surface area (Å²) in [5.74, 6) is 0.665. The van der Waals surface area contributed by atoms with Gasteiger partial charge in [0.05, 0.1) is 19.7 Å². The predicted octanol–water partition coefficient (Wildman–Crippen LogP) is 1.49.